The molecule has 140 valence electrons. The smallest absolute Gasteiger partial charge is 0.267 e. The number of rotatable bonds is 5. The summed E-state index contributed by atoms with van der Waals surface area (Å²) in [5.41, 5.74) is 3.40. The number of carbonyl (C=O) groups is 1. The number of anilines is 1. The van der Waals surface area contributed by atoms with Gasteiger partial charge in [0, 0.05) is 6.07 Å². The molecule has 0 aliphatic heterocycles. The summed E-state index contributed by atoms with van der Waals surface area (Å²) >= 11 is 0. The minimum absolute atomic E-state index is 0.0115. The monoisotopic (exact) mass is 372 g/mol. The third-order valence-corrected chi connectivity index (χ3v) is 4.12. The van der Waals surface area contributed by atoms with Crippen LogP contribution in [0, 0.1) is 25.2 Å². The number of nitrogens with zero attached hydrogens (tertiary/aromatic N) is 3. The van der Waals surface area contributed by atoms with Gasteiger partial charge in [0.1, 0.15) is 23.2 Å². The van der Waals surface area contributed by atoms with Gasteiger partial charge in [-0.1, -0.05) is 29.8 Å². The SMILES string of the molecule is COc1cccc(/C=C(\C#N)C(=O)Nc2cc(C)nn2-c2ccc(C)cc2)c1. The topological polar surface area (TPSA) is 79.9 Å². The van der Waals surface area contributed by atoms with Crippen LogP contribution in [0.4, 0.5) is 5.82 Å². The number of nitriles is 1. The first-order chi connectivity index (χ1) is 13.5. The van der Waals surface area contributed by atoms with Crippen LogP contribution in [0.15, 0.2) is 60.2 Å². The highest BCUT2D eigenvalue weighted by Crippen LogP contribution is 2.20. The molecular weight excluding hydrogens is 352 g/mol. The van der Waals surface area contributed by atoms with Crippen molar-refractivity contribution in [1.29, 1.82) is 5.26 Å². The van der Waals surface area contributed by atoms with E-state index >= 15 is 0 Å². The number of hydrogen-bond donors (Lipinski definition) is 1. The second-order valence-electron chi connectivity index (χ2n) is 6.32. The summed E-state index contributed by atoms with van der Waals surface area (Å²) in [7, 11) is 1.56. The Hall–Kier alpha value is -3.85. The first kappa shape index (κ1) is 18.9. The van der Waals surface area contributed by atoms with Crippen LogP contribution >= 0.6 is 0 Å². The van der Waals surface area contributed by atoms with E-state index in [0.717, 1.165) is 16.9 Å². The van der Waals surface area contributed by atoms with Gasteiger partial charge in [0.15, 0.2) is 0 Å². The molecule has 1 aromatic heterocycles. The van der Waals surface area contributed by atoms with Gasteiger partial charge < -0.3 is 10.1 Å². The number of nitrogens with one attached hydrogen (secondary N) is 1. The molecule has 3 rings (SSSR count). The Bertz CT molecular complexity index is 1070. The summed E-state index contributed by atoms with van der Waals surface area (Å²) in [5, 5.41) is 16.7. The van der Waals surface area contributed by atoms with Gasteiger partial charge in [0.25, 0.3) is 5.91 Å². The van der Waals surface area contributed by atoms with Gasteiger partial charge >= 0.3 is 0 Å². The van der Waals surface area contributed by atoms with Gasteiger partial charge in [0.05, 0.1) is 18.5 Å². The Morgan fingerprint density at radius 3 is 2.61 bits per heavy atom. The van der Waals surface area contributed by atoms with Gasteiger partial charge in [-0.15, -0.1) is 0 Å². The van der Waals surface area contributed by atoms with Gasteiger partial charge in [-0.25, -0.2) is 4.68 Å². The molecule has 2 aromatic carbocycles. The van der Waals surface area contributed by atoms with Crippen molar-refractivity contribution in [1.82, 2.24) is 9.78 Å². The molecule has 0 saturated carbocycles. The molecule has 0 aliphatic rings. The van der Waals surface area contributed by atoms with Crippen LogP contribution in [0.2, 0.25) is 0 Å². The lowest BCUT2D eigenvalue weighted by atomic mass is 10.1. The predicted octanol–water partition coefficient (Wildman–Crippen LogP) is 4.04. The lowest BCUT2D eigenvalue weighted by molar-refractivity contribution is -0.112. The normalized spacial score (nSPS) is 11.0. The Balaban J connectivity index is 1.88. The average molecular weight is 372 g/mol. The Morgan fingerprint density at radius 2 is 1.93 bits per heavy atom. The van der Waals surface area contributed by atoms with E-state index in [-0.39, 0.29) is 5.57 Å². The zero-order chi connectivity index (χ0) is 20.1. The number of ether oxygens (including phenoxy) is 1. The summed E-state index contributed by atoms with van der Waals surface area (Å²) in [6.07, 6.45) is 1.53. The van der Waals surface area contributed by atoms with Crippen molar-refractivity contribution < 1.29 is 9.53 Å². The number of benzene rings is 2. The number of carbonyl (C=O) groups excluding carboxylic acids is 1. The van der Waals surface area contributed by atoms with Crippen LogP contribution < -0.4 is 10.1 Å². The first-order valence-corrected chi connectivity index (χ1v) is 8.71. The fourth-order valence-corrected chi connectivity index (χ4v) is 2.70. The molecule has 1 N–H and O–H groups in total. The molecule has 6 nitrogen and oxygen atoms in total. The molecule has 0 spiro atoms. The summed E-state index contributed by atoms with van der Waals surface area (Å²) in [6.45, 7) is 3.85. The van der Waals surface area contributed by atoms with Crippen LogP contribution in [0.25, 0.3) is 11.8 Å². The number of hydrogen-bond acceptors (Lipinski definition) is 4. The maximum absolute atomic E-state index is 12.7. The lowest BCUT2D eigenvalue weighted by Crippen LogP contribution is -2.16. The Labute approximate surface area is 163 Å². The minimum atomic E-state index is -0.501. The van der Waals surface area contributed by atoms with Crippen LogP contribution in [0.1, 0.15) is 16.8 Å². The molecule has 3 aromatic rings. The maximum Gasteiger partial charge on any atom is 0.267 e. The third kappa shape index (κ3) is 4.27. The van der Waals surface area contributed by atoms with Gasteiger partial charge in [-0.05, 0) is 49.8 Å². The molecule has 0 bridgehead atoms. The Kier molecular flexibility index (Phi) is 5.56. The number of aromatic nitrogens is 2. The van der Waals surface area contributed by atoms with Crippen LogP contribution in [-0.2, 0) is 4.79 Å². The summed E-state index contributed by atoms with van der Waals surface area (Å²) in [5.74, 6) is 0.649. The zero-order valence-corrected chi connectivity index (χ0v) is 15.9. The van der Waals surface area contributed by atoms with Crippen molar-refractivity contribution >= 4 is 17.8 Å². The lowest BCUT2D eigenvalue weighted by Gasteiger charge is -2.09. The molecule has 0 aliphatic carbocycles. The molecule has 0 unspecified atom stereocenters. The minimum Gasteiger partial charge on any atom is -0.497 e. The predicted molar refractivity (Wildman–Crippen MR) is 108 cm³/mol. The largest absolute Gasteiger partial charge is 0.497 e. The van der Waals surface area contributed by atoms with E-state index in [1.54, 1.807) is 42.1 Å². The van der Waals surface area contributed by atoms with Crippen molar-refractivity contribution in [2.75, 3.05) is 12.4 Å². The second kappa shape index (κ2) is 8.23. The highest BCUT2D eigenvalue weighted by Gasteiger charge is 2.14. The number of amides is 1. The third-order valence-electron chi connectivity index (χ3n) is 4.12. The fourth-order valence-electron chi connectivity index (χ4n) is 2.70. The van der Waals surface area contributed by atoms with Crippen LogP contribution in [0.5, 0.6) is 5.75 Å². The van der Waals surface area contributed by atoms with Crippen molar-refractivity contribution in [2.45, 2.75) is 13.8 Å². The second-order valence-corrected chi connectivity index (χ2v) is 6.32. The van der Waals surface area contributed by atoms with Crippen LogP contribution in [0.3, 0.4) is 0 Å². The van der Waals surface area contributed by atoms with Crippen molar-refractivity contribution in [3.63, 3.8) is 0 Å². The molecule has 0 fully saturated rings. The van der Waals surface area contributed by atoms with Crippen molar-refractivity contribution in [3.8, 4) is 17.5 Å². The van der Waals surface area contributed by atoms with Gasteiger partial charge in [0.2, 0.25) is 0 Å². The quantitative estimate of drug-likeness (QED) is 0.541. The summed E-state index contributed by atoms with van der Waals surface area (Å²) < 4.78 is 6.82. The van der Waals surface area contributed by atoms with Crippen molar-refractivity contribution in [2.24, 2.45) is 0 Å². The Morgan fingerprint density at radius 1 is 1.18 bits per heavy atom. The molecule has 0 saturated heterocycles. The van der Waals surface area contributed by atoms with Crippen LogP contribution in [-0.4, -0.2) is 22.8 Å². The first-order valence-electron chi connectivity index (χ1n) is 8.71. The molecule has 0 radical (unpaired) electrons. The molecule has 0 atom stereocenters. The van der Waals surface area contributed by atoms with E-state index in [1.807, 2.05) is 44.2 Å². The molecule has 1 amide bonds. The van der Waals surface area contributed by atoms with E-state index in [0.29, 0.717) is 17.1 Å². The molecule has 28 heavy (non-hydrogen) atoms. The molecule has 1 heterocycles. The highest BCUT2D eigenvalue weighted by atomic mass is 16.5. The summed E-state index contributed by atoms with van der Waals surface area (Å²) in [4.78, 5) is 12.7. The highest BCUT2D eigenvalue weighted by molar-refractivity contribution is 6.09. The number of methoxy groups -OCH3 is 1. The zero-order valence-electron chi connectivity index (χ0n) is 15.9. The fraction of sp³-hybridized carbons (Fsp3) is 0.136. The van der Waals surface area contributed by atoms with E-state index in [1.165, 1.54) is 6.08 Å². The summed E-state index contributed by atoms with van der Waals surface area (Å²) in [6, 6.07) is 18.7. The van der Waals surface area contributed by atoms with Crippen molar-refractivity contribution in [3.05, 3.63) is 77.0 Å². The molecular formula is C22H20N4O2. The van der Waals surface area contributed by atoms with Gasteiger partial charge in [-0.3, -0.25) is 4.79 Å². The standard InChI is InChI=1S/C22H20N4O2/c1-15-7-9-19(10-8-15)26-21(11-16(2)25-26)24-22(27)18(14-23)12-17-5-4-6-20(13-17)28-3/h4-13H,1-3H3,(H,24,27)/b18-12+. The maximum atomic E-state index is 12.7. The van der Waals surface area contributed by atoms with E-state index in [9.17, 15) is 10.1 Å². The van der Waals surface area contributed by atoms with E-state index in [2.05, 4.69) is 10.4 Å². The van der Waals surface area contributed by atoms with Gasteiger partial charge in [-0.2, -0.15) is 10.4 Å². The molecule has 6 heteroatoms. The average Bonchev–Trinajstić information content (AvgIpc) is 3.06. The van der Waals surface area contributed by atoms with E-state index < -0.39 is 5.91 Å². The number of aryl methyl sites for hydroxylation is 2. The van der Waals surface area contributed by atoms with E-state index in [4.69, 9.17) is 4.74 Å².